The van der Waals surface area contributed by atoms with Gasteiger partial charge < -0.3 is 5.41 Å². The molecule has 0 heterocycles. The maximum Gasteiger partial charge on any atom is 0.0256 e. The molecule has 0 saturated heterocycles. The molecule has 0 saturated carbocycles. The molecule has 13 heavy (non-hydrogen) atoms. The van der Waals surface area contributed by atoms with Gasteiger partial charge in [-0.3, -0.25) is 0 Å². The first-order chi connectivity index (χ1) is 6.27. The smallest absolute Gasteiger partial charge is 0.0256 e. The highest BCUT2D eigenvalue weighted by molar-refractivity contribution is 7.27. The Hall–Kier alpha value is -0.940. The molecule has 70 valence electrons. The fourth-order valence-corrected chi connectivity index (χ4v) is 1.18. The summed E-state index contributed by atoms with van der Waals surface area (Å²) in [4.78, 5) is 0. The zero-order valence-electron chi connectivity index (χ0n) is 8.17. The summed E-state index contributed by atoms with van der Waals surface area (Å²) in [6, 6.07) is 5.87. The van der Waals surface area contributed by atoms with Crippen molar-refractivity contribution in [3.05, 3.63) is 35.9 Å². The number of hydrogen-bond donors (Lipinski definition) is 1. The van der Waals surface area contributed by atoms with E-state index >= 15 is 0 Å². The van der Waals surface area contributed by atoms with Crippen LogP contribution >= 0.6 is 9.24 Å². The van der Waals surface area contributed by atoms with E-state index in [2.05, 4.69) is 15.8 Å². The van der Waals surface area contributed by atoms with Crippen molar-refractivity contribution in [1.29, 1.82) is 5.41 Å². The van der Waals surface area contributed by atoms with Crippen LogP contribution in [0.25, 0.3) is 6.08 Å². The van der Waals surface area contributed by atoms with Crippen molar-refractivity contribution in [2.45, 2.75) is 13.8 Å². The van der Waals surface area contributed by atoms with Gasteiger partial charge in [0.15, 0.2) is 0 Å². The number of nitrogens with one attached hydrogen (secondary N) is 1. The van der Waals surface area contributed by atoms with Crippen LogP contribution in [0.15, 0.2) is 24.8 Å². The van der Waals surface area contributed by atoms with Crippen molar-refractivity contribution in [3.63, 3.8) is 0 Å². The average molecular weight is 193 g/mol. The Balaban J connectivity index is 0.000000671. The predicted molar refractivity (Wildman–Crippen MR) is 65.1 cm³/mol. The molecule has 1 unspecified atom stereocenters. The van der Waals surface area contributed by atoms with E-state index in [-0.39, 0.29) is 0 Å². The maximum absolute atomic E-state index is 7.10. The first kappa shape index (κ1) is 12.1. The molecule has 0 aromatic heterocycles. The second-order valence-corrected chi connectivity index (χ2v) is 2.90. The second kappa shape index (κ2) is 6.56. The fraction of sp³-hybridized carbons (Fsp3) is 0.182. The normalized spacial score (nSPS) is 8.23. The minimum absolute atomic E-state index is 0.910. The van der Waals surface area contributed by atoms with Gasteiger partial charge in [-0.25, -0.2) is 0 Å². The highest BCUT2D eigenvalue weighted by Crippen LogP contribution is 2.06. The monoisotopic (exact) mass is 193 g/mol. The van der Waals surface area contributed by atoms with Gasteiger partial charge in [0.25, 0.3) is 0 Å². The van der Waals surface area contributed by atoms with E-state index in [1.54, 1.807) is 6.08 Å². The Morgan fingerprint density at radius 1 is 1.31 bits per heavy atom. The van der Waals surface area contributed by atoms with Crippen molar-refractivity contribution in [3.8, 4) is 0 Å². The molecule has 1 aromatic carbocycles. The van der Waals surface area contributed by atoms with E-state index < -0.39 is 0 Å². The number of hydrogen-bond acceptors (Lipinski definition) is 1. The van der Waals surface area contributed by atoms with E-state index in [4.69, 9.17) is 5.41 Å². The van der Waals surface area contributed by atoms with Crippen molar-refractivity contribution in [2.24, 2.45) is 0 Å². The van der Waals surface area contributed by atoms with Gasteiger partial charge >= 0.3 is 0 Å². The van der Waals surface area contributed by atoms with Crippen LogP contribution in [0.4, 0.5) is 0 Å². The summed E-state index contributed by atoms with van der Waals surface area (Å²) < 4.78 is 0. The summed E-state index contributed by atoms with van der Waals surface area (Å²) in [5.41, 5.74) is 1.92. The lowest BCUT2D eigenvalue weighted by atomic mass is 10.1. The van der Waals surface area contributed by atoms with Crippen LogP contribution < -0.4 is 5.30 Å². The molecule has 0 aliphatic rings. The van der Waals surface area contributed by atoms with Gasteiger partial charge in [0.2, 0.25) is 0 Å². The molecule has 0 amide bonds. The van der Waals surface area contributed by atoms with Crippen LogP contribution in [-0.2, 0) is 0 Å². The van der Waals surface area contributed by atoms with Gasteiger partial charge in [-0.1, -0.05) is 38.6 Å². The Morgan fingerprint density at radius 3 is 2.38 bits per heavy atom. The van der Waals surface area contributed by atoms with Gasteiger partial charge in [0.1, 0.15) is 0 Å². The molecular weight excluding hydrogens is 177 g/mol. The summed E-state index contributed by atoms with van der Waals surface area (Å²) in [6.45, 7) is 7.66. The standard InChI is InChI=1S/C9H10NP.C2H6/c1-2-7-3-4-9(11)5-8(7)6-10;1-2/h2-6,10H,1,11H2;1-2H3. The topological polar surface area (TPSA) is 23.9 Å². The minimum atomic E-state index is 0.910. The van der Waals surface area contributed by atoms with Crippen LogP contribution in [-0.4, -0.2) is 6.21 Å². The molecule has 1 nitrogen and oxygen atoms in total. The number of benzene rings is 1. The largest absolute Gasteiger partial charge is 0.308 e. The quantitative estimate of drug-likeness (QED) is 0.551. The fourth-order valence-electron chi connectivity index (χ4n) is 0.904. The first-order valence-electron chi connectivity index (χ1n) is 4.30. The minimum Gasteiger partial charge on any atom is -0.308 e. The average Bonchev–Trinajstić information content (AvgIpc) is 2.20. The zero-order valence-corrected chi connectivity index (χ0v) is 9.33. The Labute approximate surface area is 82.6 Å². The molecule has 0 aliphatic carbocycles. The van der Waals surface area contributed by atoms with E-state index in [1.165, 1.54) is 6.21 Å². The van der Waals surface area contributed by atoms with Gasteiger partial charge in [0, 0.05) is 6.21 Å². The summed E-state index contributed by atoms with van der Waals surface area (Å²) in [5.74, 6) is 0. The third-order valence-electron chi connectivity index (χ3n) is 1.49. The highest BCUT2D eigenvalue weighted by Gasteiger charge is 1.94. The molecule has 0 bridgehead atoms. The summed E-state index contributed by atoms with van der Waals surface area (Å²) >= 11 is 0. The molecule has 0 radical (unpaired) electrons. The van der Waals surface area contributed by atoms with Gasteiger partial charge in [0.05, 0.1) is 0 Å². The second-order valence-electron chi connectivity index (χ2n) is 2.24. The summed E-state index contributed by atoms with van der Waals surface area (Å²) in [7, 11) is 2.60. The van der Waals surface area contributed by atoms with Crippen LogP contribution in [0.1, 0.15) is 25.0 Å². The SMILES string of the molecule is C=Cc1ccc(P)cc1C=N.CC. The lowest BCUT2D eigenvalue weighted by Gasteiger charge is -1.99. The highest BCUT2D eigenvalue weighted by atomic mass is 31.0. The molecule has 1 aromatic rings. The van der Waals surface area contributed by atoms with E-state index in [0.717, 1.165) is 16.4 Å². The van der Waals surface area contributed by atoms with Gasteiger partial charge in [-0.15, -0.1) is 9.24 Å². The van der Waals surface area contributed by atoms with Crippen LogP contribution in [0.5, 0.6) is 0 Å². The molecule has 0 aliphatic heterocycles. The van der Waals surface area contributed by atoms with Crippen molar-refractivity contribution in [2.75, 3.05) is 0 Å². The molecule has 1 rings (SSSR count). The molecular formula is C11H16NP. The van der Waals surface area contributed by atoms with Crippen LogP contribution in [0, 0.1) is 5.41 Å². The summed E-state index contributed by atoms with van der Waals surface area (Å²) in [5, 5.41) is 8.19. The molecule has 1 atom stereocenters. The Kier molecular flexibility index (Phi) is 6.09. The molecule has 0 fully saturated rings. The van der Waals surface area contributed by atoms with E-state index in [0.29, 0.717) is 0 Å². The van der Waals surface area contributed by atoms with E-state index in [9.17, 15) is 0 Å². The van der Waals surface area contributed by atoms with Crippen LogP contribution in [0.3, 0.4) is 0 Å². The predicted octanol–water partition coefficient (Wildman–Crippen LogP) is 2.85. The third-order valence-corrected chi connectivity index (χ3v) is 1.85. The lowest BCUT2D eigenvalue weighted by molar-refractivity contribution is 1.50. The van der Waals surface area contributed by atoms with Crippen molar-refractivity contribution in [1.82, 2.24) is 0 Å². The van der Waals surface area contributed by atoms with Gasteiger partial charge in [-0.05, 0) is 22.5 Å². The van der Waals surface area contributed by atoms with Gasteiger partial charge in [-0.2, -0.15) is 0 Å². The van der Waals surface area contributed by atoms with Crippen LogP contribution in [0.2, 0.25) is 0 Å². The Bertz CT molecular complexity index is 292. The van der Waals surface area contributed by atoms with E-state index in [1.807, 2.05) is 32.0 Å². The van der Waals surface area contributed by atoms with Crippen molar-refractivity contribution >= 4 is 26.8 Å². The number of rotatable bonds is 2. The summed E-state index contributed by atoms with van der Waals surface area (Å²) in [6.07, 6.45) is 3.09. The molecule has 0 spiro atoms. The lowest BCUT2D eigenvalue weighted by Crippen LogP contribution is -1.95. The van der Waals surface area contributed by atoms with Crippen molar-refractivity contribution < 1.29 is 0 Å². The molecule has 1 N–H and O–H groups in total. The zero-order chi connectivity index (χ0) is 10.3. The third kappa shape index (κ3) is 3.52. The molecule has 2 heteroatoms. The Morgan fingerprint density at radius 2 is 1.92 bits per heavy atom. The first-order valence-corrected chi connectivity index (χ1v) is 4.88. The maximum atomic E-state index is 7.10.